The normalized spacial score (nSPS) is 13.5. The fourth-order valence-electron chi connectivity index (χ4n) is 3.38. The third-order valence-electron chi connectivity index (χ3n) is 5.29. The number of pyridine rings is 1. The molecule has 8 nitrogen and oxygen atoms in total. The van der Waals surface area contributed by atoms with E-state index in [9.17, 15) is 22.8 Å². The lowest BCUT2D eigenvalue weighted by atomic mass is 10.1. The number of amides is 2. The van der Waals surface area contributed by atoms with Gasteiger partial charge in [-0.05, 0) is 42.7 Å². The third-order valence-corrected chi connectivity index (χ3v) is 5.29. The Kier molecular flexibility index (Phi) is 6.90. The zero-order valence-electron chi connectivity index (χ0n) is 18.1. The van der Waals surface area contributed by atoms with Gasteiger partial charge in [0.1, 0.15) is 6.54 Å². The van der Waals surface area contributed by atoms with Crippen LogP contribution in [0.5, 0.6) is 0 Å². The molecule has 0 atom stereocenters. The summed E-state index contributed by atoms with van der Waals surface area (Å²) in [6, 6.07) is 9.87. The Morgan fingerprint density at radius 3 is 2.44 bits per heavy atom. The molecule has 34 heavy (non-hydrogen) atoms. The number of alkyl halides is 3. The quantitative estimate of drug-likeness (QED) is 0.510. The van der Waals surface area contributed by atoms with E-state index >= 15 is 0 Å². The van der Waals surface area contributed by atoms with E-state index in [1.807, 2.05) is 5.32 Å². The smallest absolute Gasteiger partial charge is 0.343 e. The molecule has 1 aliphatic rings. The second kappa shape index (κ2) is 10.0. The predicted octanol–water partition coefficient (Wildman–Crippen LogP) is 3.55. The first-order valence-corrected chi connectivity index (χ1v) is 10.7. The van der Waals surface area contributed by atoms with Crippen LogP contribution in [-0.4, -0.2) is 50.6 Å². The van der Waals surface area contributed by atoms with Crippen LogP contribution in [0, 0.1) is 0 Å². The summed E-state index contributed by atoms with van der Waals surface area (Å²) < 4.78 is 42.1. The van der Waals surface area contributed by atoms with Crippen molar-refractivity contribution in [3.8, 4) is 11.4 Å². The lowest BCUT2D eigenvalue weighted by Gasteiger charge is -2.22. The van der Waals surface area contributed by atoms with E-state index in [0.29, 0.717) is 24.7 Å². The molecule has 3 aromatic rings. The van der Waals surface area contributed by atoms with E-state index in [0.717, 1.165) is 24.0 Å². The molecule has 2 heterocycles. The highest BCUT2D eigenvalue weighted by atomic mass is 19.4. The topological polar surface area (TPSA) is 101 Å². The molecule has 2 amide bonds. The van der Waals surface area contributed by atoms with Gasteiger partial charge in [-0.25, -0.2) is 0 Å². The van der Waals surface area contributed by atoms with Gasteiger partial charge in [-0.3, -0.25) is 14.6 Å². The molecule has 0 bridgehead atoms. The van der Waals surface area contributed by atoms with Gasteiger partial charge in [-0.2, -0.15) is 18.2 Å². The molecule has 1 aliphatic carbocycles. The van der Waals surface area contributed by atoms with Crippen LogP contribution >= 0.6 is 0 Å². The summed E-state index contributed by atoms with van der Waals surface area (Å²) in [6.45, 7) is -1.04. The van der Waals surface area contributed by atoms with Gasteiger partial charge in [0, 0.05) is 48.9 Å². The summed E-state index contributed by atoms with van der Waals surface area (Å²) in [5.74, 6) is -0.0590. The van der Waals surface area contributed by atoms with Gasteiger partial charge in [0.05, 0.1) is 0 Å². The Balaban J connectivity index is 1.32. The Bertz CT molecular complexity index is 1130. The first-order valence-electron chi connectivity index (χ1n) is 10.7. The third kappa shape index (κ3) is 6.40. The van der Waals surface area contributed by atoms with E-state index in [1.54, 1.807) is 41.6 Å². The molecule has 0 aliphatic heterocycles. The zero-order chi connectivity index (χ0) is 24.1. The Morgan fingerprint density at radius 1 is 1.09 bits per heavy atom. The largest absolute Gasteiger partial charge is 0.405 e. The first-order chi connectivity index (χ1) is 16.3. The molecule has 178 valence electrons. The molecule has 0 saturated heterocycles. The average Bonchev–Trinajstić information content (AvgIpc) is 3.56. The van der Waals surface area contributed by atoms with Gasteiger partial charge >= 0.3 is 6.18 Å². The zero-order valence-corrected chi connectivity index (χ0v) is 18.1. The van der Waals surface area contributed by atoms with Crippen molar-refractivity contribution in [2.75, 3.05) is 6.54 Å². The number of hydrogen-bond acceptors (Lipinski definition) is 6. The van der Waals surface area contributed by atoms with Gasteiger partial charge in [0.15, 0.2) is 0 Å². The summed E-state index contributed by atoms with van der Waals surface area (Å²) >= 11 is 0. The number of hydrogen-bond donors (Lipinski definition) is 1. The number of nitrogens with one attached hydrogen (secondary N) is 1. The summed E-state index contributed by atoms with van der Waals surface area (Å²) in [6.07, 6.45) is 1.12. The maximum atomic E-state index is 12.9. The van der Waals surface area contributed by atoms with Gasteiger partial charge < -0.3 is 14.7 Å². The molecule has 2 aromatic heterocycles. The van der Waals surface area contributed by atoms with Crippen LogP contribution in [0.15, 0.2) is 53.3 Å². The number of halogens is 3. The average molecular weight is 473 g/mol. The van der Waals surface area contributed by atoms with Gasteiger partial charge in [0.2, 0.25) is 17.6 Å². The highest BCUT2D eigenvalue weighted by molar-refractivity contribution is 5.94. The molecule has 0 radical (unpaired) electrons. The second-order valence-corrected chi connectivity index (χ2v) is 8.00. The number of aryl methyl sites for hydroxylation is 1. The molecule has 0 spiro atoms. The molecule has 11 heteroatoms. The van der Waals surface area contributed by atoms with E-state index in [1.165, 1.54) is 12.1 Å². The molecule has 1 aromatic carbocycles. The highest BCUT2D eigenvalue weighted by Gasteiger charge is 2.32. The van der Waals surface area contributed by atoms with Crippen LogP contribution in [0.2, 0.25) is 0 Å². The number of rotatable bonds is 9. The van der Waals surface area contributed by atoms with E-state index in [4.69, 9.17) is 4.52 Å². The maximum Gasteiger partial charge on any atom is 0.405 e. The minimum atomic E-state index is -4.47. The minimum Gasteiger partial charge on any atom is -0.343 e. The van der Waals surface area contributed by atoms with Crippen molar-refractivity contribution >= 4 is 11.8 Å². The summed E-state index contributed by atoms with van der Waals surface area (Å²) in [5, 5.41) is 5.78. The van der Waals surface area contributed by atoms with Crippen molar-refractivity contribution in [1.82, 2.24) is 25.3 Å². The van der Waals surface area contributed by atoms with Crippen molar-refractivity contribution in [2.24, 2.45) is 0 Å². The van der Waals surface area contributed by atoms with Crippen molar-refractivity contribution in [2.45, 2.75) is 44.4 Å². The molecular weight excluding hydrogens is 451 g/mol. The van der Waals surface area contributed by atoms with Crippen molar-refractivity contribution in [1.29, 1.82) is 0 Å². The monoisotopic (exact) mass is 473 g/mol. The number of aromatic nitrogens is 3. The van der Waals surface area contributed by atoms with Gasteiger partial charge in [-0.15, -0.1) is 0 Å². The fourth-order valence-corrected chi connectivity index (χ4v) is 3.38. The summed E-state index contributed by atoms with van der Waals surface area (Å²) in [7, 11) is 0. The summed E-state index contributed by atoms with van der Waals surface area (Å²) in [5.41, 5.74) is 1.68. The highest BCUT2D eigenvalue weighted by Crippen LogP contribution is 2.29. The number of nitrogens with zero attached hydrogens (tertiary/aromatic N) is 4. The maximum absolute atomic E-state index is 12.9. The van der Waals surface area contributed by atoms with E-state index in [-0.39, 0.29) is 23.9 Å². The number of carbonyl (C=O) groups is 2. The lowest BCUT2D eigenvalue weighted by molar-refractivity contribution is -0.132. The Hall–Kier alpha value is -3.76. The van der Waals surface area contributed by atoms with Crippen LogP contribution in [0.4, 0.5) is 13.2 Å². The standard InChI is InChI=1S/C23H22F3N5O3/c24-23(25,26)14-28-22(33)17-3-1-15(2-4-17)13-31(18-5-6-18)20(32)8-7-19-29-21(30-34-19)16-9-11-27-12-10-16/h1-4,9-12,18H,5-8,13-14H2,(H,28,33). The molecule has 1 saturated carbocycles. The van der Waals surface area contributed by atoms with Crippen LogP contribution in [0.1, 0.15) is 41.1 Å². The minimum absolute atomic E-state index is 0.0573. The van der Waals surface area contributed by atoms with Crippen LogP contribution in [0.25, 0.3) is 11.4 Å². The molecule has 1 N–H and O–H groups in total. The lowest BCUT2D eigenvalue weighted by Crippen LogP contribution is -2.34. The van der Waals surface area contributed by atoms with Crippen molar-refractivity contribution < 1.29 is 27.3 Å². The van der Waals surface area contributed by atoms with Crippen LogP contribution in [0.3, 0.4) is 0 Å². The molecule has 4 rings (SSSR count). The predicted molar refractivity (Wildman–Crippen MR) is 114 cm³/mol. The first kappa shape index (κ1) is 23.4. The molecule has 1 fully saturated rings. The van der Waals surface area contributed by atoms with E-state index in [2.05, 4.69) is 15.1 Å². The number of carbonyl (C=O) groups excluding carboxylic acids is 2. The summed E-state index contributed by atoms with van der Waals surface area (Å²) in [4.78, 5) is 34.8. The van der Waals surface area contributed by atoms with Crippen LogP contribution < -0.4 is 5.32 Å². The number of benzene rings is 1. The second-order valence-electron chi connectivity index (χ2n) is 8.00. The van der Waals surface area contributed by atoms with Gasteiger partial charge in [-0.1, -0.05) is 17.3 Å². The molecule has 0 unspecified atom stereocenters. The van der Waals surface area contributed by atoms with Crippen molar-refractivity contribution in [3.05, 3.63) is 65.8 Å². The Labute approximate surface area is 193 Å². The van der Waals surface area contributed by atoms with Crippen LogP contribution in [-0.2, 0) is 17.8 Å². The van der Waals surface area contributed by atoms with E-state index < -0.39 is 18.6 Å². The fraction of sp³-hybridized carbons (Fsp3) is 0.348. The Morgan fingerprint density at radius 2 is 1.79 bits per heavy atom. The van der Waals surface area contributed by atoms with Crippen molar-refractivity contribution in [3.63, 3.8) is 0 Å². The van der Waals surface area contributed by atoms with Gasteiger partial charge in [0.25, 0.3) is 5.91 Å². The molecular formula is C23H22F3N5O3. The SMILES string of the molecule is O=C(NCC(F)(F)F)c1ccc(CN(C(=O)CCc2nc(-c3ccncc3)no2)C2CC2)cc1.